The number of para-hydroxylation sites is 1. The fourth-order valence-corrected chi connectivity index (χ4v) is 2.59. The van der Waals surface area contributed by atoms with Crippen molar-refractivity contribution in [1.29, 1.82) is 0 Å². The van der Waals surface area contributed by atoms with E-state index in [1.54, 1.807) is 36.4 Å². The monoisotopic (exact) mass is 424 g/mol. The molecule has 9 nitrogen and oxygen atoms in total. The number of furan rings is 1. The number of hydrazone groups is 1. The number of nitrogens with zero attached hydrogens (tertiary/aromatic N) is 1. The summed E-state index contributed by atoms with van der Waals surface area (Å²) in [6.45, 7) is 0.0808. The Hall–Kier alpha value is -4.27. The van der Waals surface area contributed by atoms with Crippen LogP contribution >= 0.6 is 0 Å². The molecule has 0 bridgehead atoms. The van der Waals surface area contributed by atoms with Gasteiger partial charge >= 0.3 is 5.97 Å². The quantitative estimate of drug-likeness (QED) is 0.324. The number of amides is 1. The number of nitrogens with one attached hydrogen (secondary N) is 1. The van der Waals surface area contributed by atoms with Crippen molar-refractivity contribution in [1.82, 2.24) is 5.43 Å². The number of aromatic hydroxyl groups is 1. The molecule has 2 N–H and O–H groups in total. The highest BCUT2D eigenvalue weighted by Gasteiger charge is 2.13. The number of phenolic OH excluding ortho intramolecular Hbond substituents is 1. The number of carbonyl (C=O) groups is 2. The van der Waals surface area contributed by atoms with E-state index < -0.39 is 11.9 Å². The van der Waals surface area contributed by atoms with Gasteiger partial charge in [-0.25, -0.2) is 10.2 Å². The summed E-state index contributed by atoms with van der Waals surface area (Å²) in [4.78, 5) is 23.5. The number of esters is 1. The molecule has 3 rings (SSSR count). The average molecular weight is 424 g/mol. The van der Waals surface area contributed by atoms with Gasteiger partial charge in [0.15, 0.2) is 11.5 Å². The highest BCUT2D eigenvalue weighted by molar-refractivity contribution is 5.97. The Morgan fingerprint density at radius 3 is 2.65 bits per heavy atom. The normalized spacial score (nSPS) is 10.6. The second-order valence-electron chi connectivity index (χ2n) is 6.17. The van der Waals surface area contributed by atoms with Gasteiger partial charge in [-0.3, -0.25) is 4.79 Å². The molecule has 0 saturated heterocycles. The van der Waals surface area contributed by atoms with Gasteiger partial charge in [0.05, 0.1) is 26.0 Å². The number of benzene rings is 2. The number of phenols is 1. The first-order valence-electron chi connectivity index (χ1n) is 9.11. The Morgan fingerprint density at radius 2 is 1.90 bits per heavy atom. The fourth-order valence-electron chi connectivity index (χ4n) is 2.59. The molecule has 9 heteroatoms. The van der Waals surface area contributed by atoms with Crippen molar-refractivity contribution in [2.45, 2.75) is 6.61 Å². The SMILES string of the molecule is COC(=O)c1ccc(COc2ccc(/C=N/NC(=O)c3ccccc3O)cc2OC)o1. The maximum absolute atomic E-state index is 12.0. The van der Waals surface area contributed by atoms with Crippen molar-refractivity contribution < 1.29 is 33.3 Å². The largest absolute Gasteiger partial charge is 0.507 e. The lowest BCUT2D eigenvalue weighted by Gasteiger charge is -2.10. The number of ether oxygens (including phenoxy) is 3. The number of carbonyl (C=O) groups excluding carboxylic acids is 2. The van der Waals surface area contributed by atoms with Crippen LogP contribution in [0.15, 0.2) is 64.1 Å². The van der Waals surface area contributed by atoms with Crippen molar-refractivity contribution in [2.75, 3.05) is 14.2 Å². The van der Waals surface area contributed by atoms with Crippen LogP contribution < -0.4 is 14.9 Å². The zero-order valence-electron chi connectivity index (χ0n) is 16.8. The van der Waals surface area contributed by atoms with Gasteiger partial charge in [0.1, 0.15) is 18.1 Å². The molecule has 0 aliphatic rings. The molecule has 0 unspecified atom stereocenters. The first-order chi connectivity index (χ1) is 15.0. The molecule has 0 radical (unpaired) electrons. The maximum Gasteiger partial charge on any atom is 0.373 e. The van der Waals surface area contributed by atoms with Crippen molar-refractivity contribution in [3.8, 4) is 17.2 Å². The first-order valence-corrected chi connectivity index (χ1v) is 9.11. The third-order valence-electron chi connectivity index (χ3n) is 4.13. The van der Waals surface area contributed by atoms with E-state index in [0.717, 1.165) is 0 Å². The van der Waals surface area contributed by atoms with Gasteiger partial charge in [-0.05, 0) is 48.0 Å². The van der Waals surface area contributed by atoms with Crippen LogP contribution in [0.4, 0.5) is 0 Å². The molecule has 0 fully saturated rings. The Balaban J connectivity index is 1.62. The van der Waals surface area contributed by atoms with Gasteiger partial charge in [0.25, 0.3) is 5.91 Å². The molecule has 0 spiro atoms. The molecule has 1 heterocycles. The first kappa shape index (κ1) is 21.4. The van der Waals surface area contributed by atoms with Gasteiger partial charge < -0.3 is 23.7 Å². The molecule has 160 valence electrons. The molecule has 1 aromatic heterocycles. The summed E-state index contributed by atoms with van der Waals surface area (Å²) in [6.07, 6.45) is 1.43. The van der Waals surface area contributed by atoms with Gasteiger partial charge in [0.2, 0.25) is 5.76 Å². The second kappa shape index (κ2) is 9.97. The molecule has 0 aliphatic carbocycles. The second-order valence-corrected chi connectivity index (χ2v) is 6.17. The third-order valence-corrected chi connectivity index (χ3v) is 4.13. The molecule has 3 aromatic rings. The molecular weight excluding hydrogens is 404 g/mol. The summed E-state index contributed by atoms with van der Waals surface area (Å²) in [6, 6.07) is 14.4. The van der Waals surface area contributed by atoms with E-state index in [1.165, 1.54) is 38.6 Å². The molecule has 2 aromatic carbocycles. The minimum atomic E-state index is -0.568. The Morgan fingerprint density at radius 1 is 1.10 bits per heavy atom. The van der Waals surface area contributed by atoms with Crippen LogP contribution in [0.1, 0.15) is 32.2 Å². The molecule has 0 aliphatic heterocycles. The zero-order chi connectivity index (χ0) is 22.2. The highest BCUT2D eigenvalue weighted by atomic mass is 16.5. The van der Waals surface area contributed by atoms with Gasteiger partial charge in [0, 0.05) is 0 Å². The van der Waals surface area contributed by atoms with Crippen LogP contribution in [0.25, 0.3) is 0 Å². The summed E-state index contributed by atoms with van der Waals surface area (Å²) in [5.74, 6) is 0.191. The van der Waals surface area contributed by atoms with Gasteiger partial charge in [-0.1, -0.05) is 12.1 Å². The van der Waals surface area contributed by atoms with Crippen LogP contribution in [0.2, 0.25) is 0 Å². The standard InChI is InChI=1S/C22H20N2O7/c1-28-20-11-14(12-23-24-21(26)16-5-3-4-6-17(16)25)7-9-18(20)30-13-15-8-10-19(31-15)22(27)29-2/h3-12,25H,13H2,1-2H3,(H,24,26)/b23-12+. The van der Waals surface area contributed by atoms with Crippen LogP contribution in [0.3, 0.4) is 0 Å². The summed E-state index contributed by atoms with van der Waals surface area (Å²) >= 11 is 0. The minimum absolute atomic E-state index is 0.0808. The lowest BCUT2D eigenvalue weighted by Crippen LogP contribution is -2.17. The maximum atomic E-state index is 12.0. The summed E-state index contributed by atoms with van der Waals surface area (Å²) in [5, 5.41) is 13.6. The Bertz CT molecular complexity index is 1100. The van der Waals surface area contributed by atoms with Crippen molar-refractivity contribution in [3.63, 3.8) is 0 Å². The van der Waals surface area contributed by atoms with Crippen molar-refractivity contribution in [2.24, 2.45) is 5.10 Å². The van der Waals surface area contributed by atoms with Crippen LogP contribution in [0.5, 0.6) is 17.2 Å². The Labute approximate surface area is 177 Å². The topological polar surface area (TPSA) is 120 Å². The lowest BCUT2D eigenvalue weighted by molar-refractivity contribution is 0.0560. The number of hydrogen-bond acceptors (Lipinski definition) is 8. The van der Waals surface area contributed by atoms with Crippen molar-refractivity contribution >= 4 is 18.1 Å². The van der Waals surface area contributed by atoms with E-state index in [4.69, 9.17) is 13.9 Å². The third kappa shape index (κ3) is 5.41. The van der Waals surface area contributed by atoms with E-state index in [-0.39, 0.29) is 23.7 Å². The van der Waals surface area contributed by atoms with Crippen LogP contribution in [0, 0.1) is 0 Å². The molecule has 0 saturated carbocycles. The predicted molar refractivity (Wildman–Crippen MR) is 111 cm³/mol. The van der Waals surface area contributed by atoms with Crippen molar-refractivity contribution in [3.05, 3.63) is 77.2 Å². The fraction of sp³-hybridized carbons (Fsp3) is 0.136. The smallest absolute Gasteiger partial charge is 0.373 e. The summed E-state index contributed by atoms with van der Waals surface area (Å²) in [7, 11) is 2.76. The summed E-state index contributed by atoms with van der Waals surface area (Å²) < 4.78 is 21.0. The molecule has 0 atom stereocenters. The Kier molecular flexibility index (Phi) is 6.89. The zero-order valence-corrected chi connectivity index (χ0v) is 16.8. The molecular formula is C22H20N2O7. The van der Waals surface area contributed by atoms with E-state index in [9.17, 15) is 14.7 Å². The van der Waals surface area contributed by atoms with Crippen LogP contribution in [-0.2, 0) is 11.3 Å². The van der Waals surface area contributed by atoms with Crippen LogP contribution in [-0.4, -0.2) is 37.4 Å². The molecule has 1 amide bonds. The van der Waals surface area contributed by atoms with E-state index in [0.29, 0.717) is 22.8 Å². The minimum Gasteiger partial charge on any atom is -0.507 e. The van der Waals surface area contributed by atoms with Gasteiger partial charge in [-0.2, -0.15) is 5.10 Å². The summed E-state index contributed by atoms with van der Waals surface area (Å²) in [5.41, 5.74) is 3.12. The lowest BCUT2D eigenvalue weighted by atomic mass is 10.2. The van der Waals surface area contributed by atoms with E-state index in [1.807, 2.05) is 0 Å². The predicted octanol–water partition coefficient (Wildman–Crippen LogP) is 3.12. The number of rotatable bonds is 8. The number of methoxy groups -OCH3 is 2. The van der Waals surface area contributed by atoms with E-state index >= 15 is 0 Å². The molecule has 31 heavy (non-hydrogen) atoms. The number of hydrogen-bond donors (Lipinski definition) is 2. The van der Waals surface area contributed by atoms with Gasteiger partial charge in [-0.15, -0.1) is 0 Å². The van der Waals surface area contributed by atoms with E-state index in [2.05, 4.69) is 15.3 Å². The average Bonchev–Trinajstić information content (AvgIpc) is 3.26. The highest BCUT2D eigenvalue weighted by Crippen LogP contribution is 2.28.